The van der Waals surface area contributed by atoms with Crippen LogP contribution in [-0.2, 0) is 13.1 Å². The number of halogens is 1. The zero-order valence-corrected chi connectivity index (χ0v) is 19.3. The van der Waals surface area contributed by atoms with Gasteiger partial charge in [-0.2, -0.15) is 0 Å². The van der Waals surface area contributed by atoms with Crippen molar-refractivity contribution < 1.29 is 0 Å². The molecule has 27 heavy (non-hydrogen) atoms. The molecule has 0 atom stereocenters. The first-order valence-electron chi connectivity index (χ1n) is 9.05. The quantitative estimate of drug-likeness (QED) is 0.283. The molecule has 0 amide bonds. The van der Waals surface area contributed by atoms with Gasteiger partial charge in [0, 0.05) is 37.7 Å². The van der Waals surface area contributed by atoms with Gasteiger partial charge in [0.2, 0.25) is 0 Å². The minimum atomic E-state index is 0. The fourth-order valence-corrected chi connectivity index (χ4v) is 3.54. The first-order valence-corrected chi connectivity index (χ1v) is 9.93. The molecule has 0 spiro atoms. The summed E-state index contributed by atoms with van der Waals surface area (Å²) < 4.78 is 0. The summed E-state index contributed by atoms with van der Waals surface area (Å²) in [6.07, 6.45) is 4.42. The monoisotopic (exact) mass is 497 g/mol. The molecule has 0 bridgehead atoms. The van der Waals surface area contributed by atoms with Crippen LogP contribution in [0.3, 0.4) is 0 Å². The van der Waals surface area contributed by atoms with E-state index in [0.29, 0.717) is 6.54 Å². The molecule has 0 fully saturated rings. The van der Waals surface area contributed by atoms with Crippen molar-refractivity contribution in [2.75, 3.05) is 31.6 Å². The number of aryl methyl sites for hydroxylation is 1. The third-order valence-corrected chi connectivity index (χ3v) is 5.12. The van der Waals surface area contributed by atoms with Crippen molar-refractivity contribution in [1.29, 1.82) is 0 Å². The Balaban J connectivity index is 0.00000261. The van der Waals surface area contributed by atoms with Crippen molar-refractivity contribution in [1.82, 2.24) is 15.2 Å². The van der Waals surface area contributed by atoms with Gasteiger partial charge in [0.05, 0.1) is 23.8 Å². The summed E-state index contributed by atoms with van der Waals surface area (Å²) in [5, 5.41) is 6.58. The molecule has 3 rings (SSSR count). The molecule has 2 aromatic rings. The largest absolute Gasteiger partial charge is 0.364 e. The lowest BCUT2D eigenvalue weighted by Gasteiger charge is -2.21. The Morgan fingerprint density at radius 3 is 2.56 bits per heavy atom. The standard InChI is InChI=1S/C20H27N5S.HI/c1-4-21-20(24(3)14-18-15-26-16(2)23-18)22-13-17-7-9-19(10-8-17)25-11-5-6-12-25;/h5-10,15H,4,11-14H2,1-3H3,(H,21,22);1H. The lowest BCUT2D eigenvalue weighted by molar-refractivity contribution is 0.471. The predicted octanol–water partition coefficient (Wildman–Crippen LogP) is 4.04. The van der Waals surface area contributed by atoms with E-state index >= 15 is 0 Å². The van der Waals surface area contributed by atoms with Crippen LogP contribution in [0.15, 0.2) is 46.8 Å². The van der Waals surface area contributed by atoms with Crippen molar-refractivity contribution in [2.24, 2.45) is 4.99 Å². The second-order valence-corrected chi connectivity index (χ2v) is 7.49. The number of nitrogens with zero attached hydrogens (tertiary/aromatic N) is 4. The zero-order valence-electron chi connectivity index (χ0n) is 16.2. The van der Waals surface area contributed by atoms with Crippen LogP contribution in [-0.4, -0.2) is 42.5 Å². The highest BCUT2D eigenvalue weighted by molar-refractivity contribution is 14.0. The molecule has 0 radical (unpaired) electrons. The van der Waals surface area contributed by atoms with E-state index in [4.69, 9.17) is 4.99 Å². The Kier molecular flexibility index (Phi) is 8.56. The van der Waals surface area contributed by atoms with Crippen LogP contribution in [0.25, 0.3) is 0 Å². The molecule has 2 heterocycles. The topological polar surface area (TPSA) is 43.8 Å². The van der Waals surface area contributed by atoms with Crippen molar-refractivity contribution >= 4 is 47.0 Å². The van der Waals surface area contributed by atoms with Gasteiger partial charge < -0.3 is 15.1 Å². The van der Waals surface area contributed by atoms with Gasteiger partial charge in [0.25, 0.3) is 0 Å². The number of nitrogens with one attached hydrogen (secondary N) is 1. The van der Waals surface area contributed by atoms with Crippen molar-refractivity contribution in [3.8, 4) is 0 Å². The van der Waals surface area contributed by atoms with Crippen LogP contribution >= 0.6 is 35.3 Å². The fraction of sp³-hybridized carbons (Fsp3) is 0.400. The van der Waals surface area contributed by atoms with E-state index in [1.165, 1.54) is 11.3 Å². The third kappa shape index (κ3) is 6.21. The molecule has 0 saturated carbocycles. The summed E-state index contributed by atoms with van der Waals surface area (Å²) in [6.45, 7) is 8.41. The number of anilines is 1. The molecule has 146 valence electrons. The first-order chi connectivity index (χ1) is 12.7. The number of benzene rings is 1. The Labute approximate surface area is 183 Å². The molecule has 1 aliphatic heterocycles. The summed E-state index contributed by atoms with van der Waals surface area (Å²) >= 11 is 1.69. The third-order valence-electron chi connectivity index (χ3n) is 4.29. The summed E-state index contributed by atoms with van der Waals surface area (Å²) in [7, 11) is 2.06. The average molecular weight is 497 g/mol. The average Bonchev–Trinajstić information content (AvgIpc) is 3.31. The Morgan fingerprint density at radius 2 is 1.96 bits per heavy atom. The van der Waals surface area contributed by atoms with Crippen molar-refractivity contribution in [3.05, 3.63) is 58.1 Å². The minimum Gasteiger partial charge on any atom is -0.364 e. The molecular weight excluding hydrogens is 469 g/mol. The number of aromatic nitrogens is 1. The maximum absolute atomic E-state index is 4.79. The number of hydrogen-bond acceptors (Lipinski definition) is 4. The Bertz CT molecular complexity index is 761. The highest BCUT2D eigenvalue weighted by Crippen LogP contribution is 2.18. The zero-order chi connectivity index (χ0) is 18.4. The molecule has 0 saturated heterocycles. The maximum Gasteiger partial charge on any atom is 0.194 e. The van der Waals surface area contributed by atoms with Gasteiger partial charge >= 0.3 is 0 Å². The fourth-order valence-electron chi connectivity index (χ4n) is 2.94. The van der Waals surface area contributed by atoms with E-state index in [-0.39, 0.29) is 24.0 Å². The number of guanidine groups is 1. The van der Waals surface area contributed by atoms with E-state index in [1.54, 1.807) is 11.3 Å². The SMILES string of the molecule is CCNC(=NCc1ccc(N2CC=CC2)cc1)N(C)Cc1csc(C)n1.I. The van der Waals surface area contributed by atoms with Crippen molar-refractivity contribution in [2.45, 2.75) is 26.9 Å². The number of rotatable bonds is 6. The van der Waals surface area contributed by atoms with Gasteiger partial charge in [-0.25, -0.2) is 9.98 Å². The lowest BCUT2D eigenvalue weighted by atomic mass is 10.2. The van der Waals surface area contributed by atoms with Crippen LogP contribution in [0.5, 0.6) is 0 Å². The lowest BCUT2D eigenvalue weighted by Crippen LogP contribution is -2.38. The molecule has 0 unspecified atom stereocenters. The highest BCUT2D eigenvalue weighted by atomic mass is 127. The van der Waals surface area contributed by atoms with Crippen LogP contribution in [0.1, 0.15) is 23.2 Å². The molecule has 1 N–H and O–H groups in total. The number of thiazole rings is 1. The normalized spacial score (nSPS) is 13.6. The van der Waals surface area contributed by atoms with E-state index in [2.05, 4.69) is 75.9 Å². The molecule has 1 aromatic heterocycles. The maximum atomic E-state index is 4.79. The van der Waals surface area contributed by atoms with Gasteiger partial charge in [-0.1, -0.05) is 24.3 Å². The molecule has 5 nitrogen and oxygen atoms in total. The summed E-state index contributed by atoms with van der Waals surface area (Å²) in [5.41, 5.74) is 3.57. The molecule has 1 aromatic carbocycles. The smallest absolute Gasteiger partial charge is 0.194 e. The first kappa shape index (κ1) is 21.7. The second-order valence-electron chi connectivity index (χ2n) is 6.43. The van der Waals surface area contributed by atoms with Gasteiger partial charge in [0.1, 0.15) is 0 Å². The van der Waals surface area contributed by atoms with Gasteiger partial charge in [-0.3, -0.25) is 0 Å². The highest BCUT2D eigenvalue weighted by Gasteiger charge is 2.09. The van der Waals surface area contributed by atoms with Crippen LogP contribution in [0.2, 0.25) is 0 Å². The van der Waals surface area contributed by atoms with Crippen molar-refractivity contribution in [3.63, 3.8) is 0 Å². The Morgan fingerprint density at radius 1 is 1.26 bits per heavy atom. The summed E-state index contributed by atoms with van der Waals surface area (Å²) in [4.78, 5) is 13.8. The predicted molar refractivity (Wildman–Crippen MR) is 126 cm³/mol. The number of hydrogen-bond donors (Lipinski definition) is 1. The molecule has 7 heteroatoms. The van der Waals surface area contributed by atoms with E-state index in [9.17, 15) is 0 Å². The van der Waals surface area contributed by atoms with Gasteiger partial charge in [-0.05, 0) is 31.5 Å². The van der Waals surface area contributed by atoms with Crippen LogP contribution < -0.4 is 10.2 Å². The summed E-state index contributed by atoms with van der Waals surface area (Å²) in [6, 6.07) is 8.72. The van der Waals surface area contributed by atoms with Crippen LogP contribution in [0.4, 0.5) is 5.69 Å². The Hall–Kier alpha value is -1.61. The van der Waals surface area contributed by atoms with E-state index in [0.717, 1.165) is 42.8 Å². The summed E-state index contributed by atoms with van der Waals surface area (Å²) in [5.74, 6) is 0.908. The van der Waals surface area contributed by atoms with E-state index < -0.39 is 0 Å². The number of aliphatic imine (C=N–C) groups is 1. The molecular formula is C20H28IN5S. The van der Waals surface area contributed by atoms with Gasteiger partial charge in [-0.15, -0.1) is 35.3 Å². The van der Waals surface area contributed by atoms with Crippen LogP contribution in [0, 0.1) is 6.92 Å². The second kappa shape index (κ2) is 10.7. The molecule has 1 aliphatic rings. The van der Waals surface area contributed by atoms with Gasteiger partial charge in [0.15, 0.2) is 5.96 Å². The minimum absolute atomic E-state index is 0. The molecule has 0 aliphatic carbocycles. The van der Waals surface area contributed by atoms with E-state index in [1.807, 2.05) is 6.92 Å².